The van der Waals surface area contributed by atoms with E-state index in [1.807, 2.05) is 0 Å². The Hall–Kier alpha value is -0.940. The van der Waals surface area contributed by atoms with Crippen molar-refractivity contribution in [3.05, 3.63) is 36.0 Å². The molecule has 9 atom stereocenters. The summed E-state index contributed by atoms with van der Waals surface area (Å²) in [4.78, 5) is 2.26. The summed E-state index contributed by atoms with van der Waals surface area (Å²) in [5.41, 5.74) is 2.79. The van der Waals surface area contributed by atoms with Gasteiger partial charge in [-0.3, -0.25) is 0 Å². The third-order valence-electron chi connectivity index (χ3n) is 16.9. The number of likely N-dealkylation sites (N-methyl/N-ethyl adjacent to an activating group) is 1. The number of ether oxygens (including phenoxy) is 3. The number of allylic oxidation sites excluding steroid dienone is 5. The second-order valence-corrected chi connectivity index (χ2v) is 22.1. The second kappa shape index (κ2) is 29.6. The summed E-state index contributed by atoms with van der Waals surface area (Å²) in [6.07, 6.45) is 49.5. The number of hydrogen-bond donors (Lipinski definition) is 0. The molecule has 0 heterocycles. The van der Waals surface area contributed by atoms with Crippen molar-refractivity contribution in [3.8, 4) is 0 Å². The van der Waals surface area contributed by atoms with E-state index in [1.165, 1.54) is 167 Å². The summed E-state index contributed by atoms with van der Waals surface area (Å²) in [7, 11) is 4.30. The molecule has 0 aromatic carbocycles. The van der Waals surface area contributed by atoms with Crippen molar-refractivity contribution in [2.75, 3.05) is 47.1 Å². The first kappa shape index (κ1) is 52.7. The molecule has 4 rings (SSSR count). The summed E-state index contributed by atoms with van der Waals surface area (Å²) in [5, 5.41) is 0. The molecule has 4 nitrogen and oxygen atoms in total. The van der Waals surface area contributed by atoms with Crippen molar-refractivity contribution in [3.63, 3.8) is 0 Å². The quantitative estimate of drug-likeness (QED) is 0.0477. The molecule has 4 aliphatic carbocycles. The van der Waals surface area contributed by atoms with Gasteiger partial charge < -0.3 is 19.1 Å². The van der Waals surface area contributed by atoms with Gasteiger partial charge in [0.25, 0.3) is 0 Å². The van der Waals surface area contributed by atoms with Crippen molar-refractivity contribution in [2.24, 2.45) is 46.3 Å². The zero-order chi connectivity index (χ0) is 43.8. The molecule has 0 radical (unpaired) electrons. The van der Waals surface area contributed by atoms with E-state index in [-0.39, 0.29) is 0 Å². The molecule has 0 amide bonds. The van der Waals surface area contributed by atoms with Crippen LogP contribution < -0.4 is 0 Å². The fourth-order valence-electron chi connectivity index (χ4n) is 12.9. The maximum absolute atomic E-state index is 6.59. The van der Waals surface area contributed by atoms with Crippen molar-refractivity contribution < 1.29 is 14.2 Å². The minimum atomic E-state index is 0.335. The van der Waals surface area contributed by atoms with Gasteiger partial charge in [0, 0.05) is 19.8 Å². The summed E-state index contributed by atoms with van der Waals surface area (Å²) in [6, 6.07) is 0.335. The van der Waals surface area contributed by atoms with Crippen LogP contribution in [0, 0.1) is 46.3 Å². The van der Waals surface area contributed by atoms with Crippen molar-refractivity contribution >= 4 is 0 Å². The first-order valence-corrected chi connectivity index (χ1v) is 27.0. The molecular formula is C57H103NO3. The van der Waals surface area contributed by atoms with Gasteiger partial charge >= 0.3 is 0 Å². The first-order chi connectivity index (χ1) is 29.6. The Morgan fingerprint density at radius 2 is 1.30 bits per heavy atom. The van der Waals surface area contributed by atoms with Crippen LogP contribution in [0.2, 0.25) is 0 Å². The van der Waals surface area contributed by atoms with Crippen LogP contribution >= 0.6 is 0 Å². The third kappa shape index (κ3) is 17.8. The minimum absolute atomic E-state index is 0.335. The van der Waals surface area contributed by atoms with Gasteiger partial charge in [0.2, 0.25) is 0 Å². The highest BCUT2D eigenvalue weighted by Gasteiger charge is 2.59. The van der Waals surface area contributed by atoms with Crippen LogP contribution in [0.1, 0.15) is 221 Å². The summed E-state index contributed by atoms with van der Waals surface area (Å²) in [6.45, 7) is 19.3. The molecule has 0 spiro atoms. The average molecular weight is 850 g/mol. The van der Waals surface area contributed by atoms with E-state index in [1.54, 1.807) is 5.57 Å². The Bertz CT molecular complexity index is 1220. The molecule has 0 aromatic heterocycles. The molecule has 4 aliphatic rings. The third-order valence-corrected chi connectivity index (χ3v) is 16.9. The molecule has 0 aromatic rings. The van der Waals surface area contributed by atoms with Crippen LogP contribution in [0.15, 0.2) is 36.0 Å². The zero-order valence-electron chi connectivity index (χ0n) is 42.0. The van der Waals surface area contributed by atoms with Gasteiger partial charge in [0.05, 0.1) is 25.4 Å². The lowest BCUT2D eigenvalue weighted by molar-refractivity contribution is -0.0641. The molecule has 0 saturated heterocycles. The number of fused-ring (bicyclic) bond motifs is 5. The summed E-state index contributed by atoms with van der Waals surface area (Å²) in [5.74, 6) is 5.48. The second-order valence-electron chi connectivity index (χ2n) is 22.1. The highest BCUT2D eigenvalue weighted by atomic mass is 16.5. The predicted molar refractivity (Wildman–Crippen MR) is 264 cm³/mol. The van der Waals surface area contributed by atoms with Crippen molar-refractivity contribution in [1.29, 1.82) is 0 Å². The topological polar surface area (TPSA) is 30.9 Å². The van der Waals surface area contributed by atoms with E-state index in [9.17, 15) is 0 Å². The van der Waals surface area contributed by atoms with Gasteiger partial charge in [-0.2, -0.15) is 0 Å². The Morgan fingerprint density at radius 3 is 1.93 bits per heavy atom. The number of nitrogens with zero attached hydrogens (tertiary/aromatic N) is 1. The molecule has 0 bridgehead atoms. The van der Waals surface area contributed by atoms with Gasteiger partial charge in [0.1, 0.15) is 0 Å². The lowest BCUT2D eigenvalue weighted by Gasteiger charge is -2.58. The Morgan fingerprint density at radius 1 is 0.672 bits per heavy atom. The average Bonchev–Trinajstić information content (AvgIpc) is 3.60. The van der Waals surface area contributed by atoms with E-state index in [4.69, 9.17) is 14.2 Å². The zero-order valence-corrected chi connectivity index (χ0v) is 42.0. The van der Waals surface area contributed by atoms with Crippen LogP contribution in [0.5, 0.6) is 0 Å². The molecule has 1 unspecified atom stereocenters. The van der Waals surface area contributed by atoms with E-state index >= 15 is 0 Å². The molecule has 3 saturated carbocycles. The normalized spacial score (nSPS) is 28.8. The lowest BCUT2D eigenvalue weighted by atomic mass is 9.47. The van der Waals surface area contributed by atoms with E-state index < -0.39 is 0 Å². The number of hydrogen-bond acceptors (Lipinski definition) is 4. The van der Waals surface area contributed by atoms with Gasteiger partial charge in [-0.1, -0.05) is 155 Å². The standard InChI is InChI=1S/C57H103NO3/c1-9-10-11-12-13-14-15-16-17-18-19-20-21-22-24-27-41-59-45-50(58(7)8)46-60-42-28-25-23-26-29-43-61-51-37-39-56(5)49(44-51)33-34-52-54-36-35-53(48(4)32-30-31-47(2)3)57(54,6)40-38-55(52)56/h13-14,16-17,33,47-48,50-55H,9-12,15,18-32,34-46H2,1-8H3/b14-13-,17-16-/t48-,50-,51+,52+,53?,54+,55+,56+,57-/m1/s1. The smallest absolute Gasteiger partial charge is 0.0644 e. The fraction of sp³-hybridized carbons (Fsp3) is 0.895. The predicted octanol–water partition coefficient (Wildman–Crippen LogP) is 16.1. The van der Waals surface area contributed by atoms with Crippen LogP contribution in [-0.4, -0.2) is 64.2 Å². The number of unbranched alkanes of at least 4 members (excludes halogenated alkanes) is 13. The number of rotatable bonds is 34. The Balaban J connectivity index is 0.968. The maximum atomic E-state index is 6.59. The maximum Gasteiger partial charge on any atom is 0.0644 e. The first-order valence-electron chi connectivity index (χ1n) is 27.0. The van der Waals surface area contributed by atoms with Crippen LogP contribution in [0.3, 0.4) is 0 Å². The molecule has 3 fully saturated rings. The van der Waals surface area contributed by atoms with E-state index in [0.29, 0.717) is 23.0 Å². The van der Waals surface area contributed by atoms with Crippen molar-refractivity contribution in [2.45, 2.75) is 233 Å². The molecule has 0 aliphatic heterocycles. The molecule has 0 N–H and O–H groups in total. The summed E-state index contributed by atoms with van der Waals surface area (Å²) < 4.78 is 18.8. The van der Waals surface area contributed by atoms with Crippen LogP contribution in [0.25, 0.3) is 0 Å². The fourth-order valence-corrected chi connectivity index (χ4v) is 12.9. The van der Waals surface area contributed by atoms with Crippen molar-refractivity contribution in [1.82, 2.24) is 4.90 Å². The van der Waals surface area contributed by atoms with E-state index in [2.05, 4.69) is 90.9 Å². The minimum Gasteiger partial charge on any atom is -0.380 e. The molecule has 4 heteroatoms. The Kier molecular flexibility index (Phi) is 25.5. The lowest BCUT2D eigenvalue weighted by Crippen LogP contribution is -2.51. The highest BCUT2D eigenvalue weighted by molar-refractivity contribution is 5.25. The molecule has 354 valence electrons. The van der Waals surface area contributed by atoms with Crippen LogP contribution in [-0.2, 0) is 14.2 Å². The molecule has 61 heavy (non-hydrogen) atoms. The largest absolute Gasteiger partial charge is 0.380 e. The van der Waals surface area contributed by atoms with Crippen LogP contribution in [0.4, 0.5) is 0 Å². The molecular weight excluding hydrogens is 747 g/mol. The van der Waals surface area contributed by atoms with Gasteiger partial charge in [-0.15, -0.1) is 0 Å². The SMILES string of the molecule is CCCCC/C=C\C/C=C\CCCCCCCCOC[C@H](COCCCCCCCO[C@H]1CC[C@@]2(C)C(=CC[C@@H]3[C@@H]2CC[C@]2(C)C([C@H](C)CCCC(C)C)CC[C@@H]32)C1)N(C)C. The van der Waals surface area contributed by atoms with Gasteiger partial charge in [-0.05, 0) is 163 Å². The monoisotopic (exact) mass is 850 g/mol. The summed E-state index contributed by atoms with van der Waals surface area (Å²) >= 11 is 0. The Labute approximate surface area is 380 Å². The van der Waals surface area contributed by atoms with Gasteiger partial charge in [-0.25, -0.2) is 0 Å². The van der Waals surface area contributed by atoms with E-state index in [0.717, 1.165) is 81.4 Å². The highest BCUT2D eigenvalue weighted by Crippen LogP contribution is 2.67. The van der Waals surface area contributed by atoms with Gasteiger partial charge in [0.15, 0.2) is 0 Å².